The summed E-state index contributed by atoms with van der Waals surface area (Å²) in [6.45, 7) is 4.25. The Bertz CT molecular complexity index is 810. The molecule has 2 rings (SSSR count). The molecule has 0 saturated carbocycles. The van der Waals surface area contributed by atoms with Crippen LogP contribution in [0.5, 0.6) is 11.5 Å². The van der Waals surface area contributed by atoms with Gasteiger partial charge in [0.25, 0.3) is 5.91 Å². The van der Waals surface area contributed by atoms with Crippen LogP contribution in [0.4, 0.5) is 0 Å². The number of rotatable bonds is 8. The van der Waals surface area contributed by atoms with Gasteiger partial charge in [-0.05, 0) is 60.0 Å². The van der Waals surface area contributed by atoms with Crippen LogP contribution in [-0.4, -0.2) is 48.0 Å². The molecule has 1 aliphatic heterocycles. The molecule has 0 aromatic heterocycles. The molecule has 1 aliphatic rings. The third kappa shape index (κ3) is 5.71. The van der Waals surface area contributed by atoms with E-state index < -0.39 is 0 Å². The summed E-state index contributed by atoms with van der Waals surface area (Å²) in [4.78, 5) is 26.0. The van der Waals surface area contributed by atoms with E-state index in [4.69, 9.17) is 21.7 Å². The van der Waals surface area contributed by atoms with Gasteiger partial charge in [0.1, 0.15) is 4.32 Å². The van der Waals surface area contributed by atoms with Gasteiger partial charge in [-0.3, -0.25) is 14.5 Å². The van der Waals surface area contributed by atoms with E-state index >= 15 is 0 Å². The van der Waals surface area contributed by atoms with Gasteiger partial charge in [-0.15, -0.1) is 0 Å². The van der Waals surface area contributed by atoms with Crippen molar-refractivity contribution in [1.82, 2.24) is 4.90 Å². The van der Waals surface area contributed by atoms with Crippen LogP contribution in [-0.2, 0) is 14.3 Å². The highest BCUT2D eigenvalue weighted by Crippen LogP contribution is 2.39. The number of ether oxygens (including phenoxy) is 3. The minimum Gasteiger partial charge on any atom is -0.493 e. The van der Waals surface area contributed by atoms with Gasteiger partial charge < -0.3 is 14.2 Å². The van der Waals surface area contributed by atoms with Gasteiger partial charge in [0, 0.05) is 13.0 Å². The minimum atomic E-state index is -0.304. The number of hydrogen-bond acceptors (Lipinski definition) is 7. The van der Waals surface area contributed by atoms with E-state index in [9.17, 15) is 9.59 Å². The highest BCUT2D eigenvalue weighted by Gasteiger charge is 2.31. The molecule has 6 nitrogen and oxygen atoms in total. The zero-order valence-corrected chi connectivity index (χ0v) is 19.3. The first kappa shape index (κ1) is 22.7. The summed E-state index contributed by atoms with van der Waals surface area (Å²) in [7, 11) is 2.91. The SMILES string of the molecule is COC(=O)CCCN1C(=O)/C(=C/c2cc(Br)c(OC(C)C)c(OC)c2)SC1=S. The van der Waals surface area contributed by atoms with Gasteiger partial charge >= 0.3 is 5.97 Å². The fourth-order valence-electron chi connectivity index (χ4n) is 2.50. The van der Waals surface area contributed by atoms with E-state index in [0.717, 1.165) is 10.0 Å². The molecule has 0 unspecified atom stereocenters. The average Bonchev–Trinajstić information content (AvgIpc) is 2.90. The summed E-state index contributed by atoms with van der Waals surface area (Å²) >= 11 is 10.1. The van der Waals surface area contributed by atoms with Gasteiger partial charge in [0.15, 0.2) is 11.5 Å². The first-order valence-corrected chi connectivity index (χ1v) is 10.6. The largest absolute Gasteiger partial charge is 0.493 e. The van der Waals surface area contributed by atoms with Crippen LogP contribution in [0, 0.1) is 0 Å². The minimum absolute atomic E-state index is 0.00251. The first-order valence-electron chi connectivity index (χ1n) is 8.63. The Hall–Kier alpha value is -1.58. The van der Waals surface area contributed by atoms with Crippen LogP contribution < -0.4 is 9.47 Å². The lowest BCUT2D eigenvalue weighted by atomic mass is 10.1. The third-order valence-electron chi connectivity index (χ3n) is 3.77. The van der Waals surface area contributed by atoms with Crippen LogP contribution in [0.2, 0.25) is 0 Å². The molecule has 0 radical (unpaired) electrons. The Morgan fingerprint density at radius 2 is 2.07 bits per heavy atom. The first-order chi connectivity index (χ1) is 13.3. The lowest BCUT2D eigenvalue weighted by Crippen LogP contribution is -2.29. The zero-order valence-electron chi connectivity index (χ0n) is 16.1. The number of carbonyl (C=O) groups excluding carboxylic acids is 2. The molecule has 0 bridgehead atoms. The molecule has 1 saturated heterocycles. The third-order valence-corrected chi connectivity index (χ3v) is 5.73. The molecule has 0 spiro atoms. The van der Waals surface area contributed by atoms with Crippen LogP contribution in [0.3, 0.4) is 0 Å². The molecule has 28 heavy (non-hydrogen) atoms. The normalized spacial score (nSPS) is 15.5. The molecular formula is C19H22BrNO5S2. The lowest BCUT2D eigenvalue weighted by Gasteiger charge is -2.16. The molecule has 9 heteroatoms. The van der Waals surface area contributed by atoms with Crippen molar-refractivity contribution in [2.24, 2.45) is 0 Å². The highest BCUT2D eigenvalue weighted by atomic mass is 79.9. The predicted octanol–water partition coefficient (Wildman–Crippen LogP) is 4.40. The maximum Gasteiger partial charge on any atom is 0.305 e. The molecule has 1 aromatic carbocycles. The second-order valence-corrected chi connectivity index (χ2v) is 8.74. The second-order valence-electron chi connectivity index (χ2n) is 6.21. The van der Waals surface area contributed by atoms with Gasteiger partial charge in [-0.25, -0.2) is 0 Å². The fourth-order valence-corrected chi connectivity index (χ4v) is 4.36. The maximum atomic E-state index is 12.7. The quantitative estimate of drug-likeness (QED) is 0.305. The summed E-state index contributed by atoms with van der Waals surface area (Å²) in [6.07, 6.45) is 2.50. The summed E-state index contributed by atoms with van der Waals surface area (Å²) in [5.41, 5.74) is 0.787. The summed E-state index contributed by atoms with van der Waals surface area (Å²) in [5.74, 6) is 0.715. The van der Waals surface area contributed by atoms with Crippen LogP contribution >= 0.6 is 39.9 Å². The van der Waals surface area contributed by atoms with Crippen LogP contribution in [0.15, 0.2) is 21.5 Å². The topological polar surface area (TPSA) is 65.1 Å². The van der Waals surface area contributed by atoms with E-state index in [1.54, 1.807) is 13.2 Å². The number of esters is 1. The molecule has 152 valence electrons. The van der Waals surface area contributed by atoms with Crippen LogP contribution in [0.1, 0.15) is 32.3 Å². The summed E-state index contributed by atoms with van der Waals surface area (Å²) < 4.78 is 17.1. The Morgan fingerprint density at radius 1 is 1.36 bits per heavy atom. The van der Waals surface area contributed by atoms with Crippen molar-refractivity contribution in [2.75, 3.05) is 20.8 Å². The molecule has 0 N–H and O–H groups in total. The molecular weight excluding hydrogens is 466 g/mol. The molecule has 1 fully saturated rings. The van der Waals surface area contributed by atoms with E-state index in [2.05, 4.69) is 20.7 Å². The summed E-state index contributed by atoms with van der Waals surface area (Å²) in [5, 5.41) is 0. The van der Waals surface area contributed by atoms with Crippen molar-refractivity contribution in [3.05, 3.63) is 27.1 Å². The Balaban J connectivity index is 2.19. The number of nitrogens with zero attached hydrogens (tertiary/aromatic N) is 1. The summed E-state index contributed by atoms with van der Waals surface area (Å²) in [6, 6.07) is 3.68. The average molecular weight is 488 g/mol. The number of halogens is 1. The van der Waals surface area contributed by atoms with Crippen molar-refractivity contribution in [1.29, 1.82) is 0 Å². The van der Waals surface area contributed by atoms with Crippen molar-refractivity contribution in [2.45, 2.75) is 32.8 Å². The number of amides is 1. The Kier molecular flexibility index (Phi) is 8.33. The van der Waals surface area contributed by atoms with Gasteiger partial charge in [-0.2, -0.15) is 0 Å². The zero-order chi connectivity index (χ0) is 20.8. The number of thioether (sulfide) groups is 1. The molecule has 1 amide bonds. The fraction of sp³-hybridized carbons (Fsp3) is 0.421. The van der Waals surface area contributed by atoms with Crippen molar-refractivity contribution < 1.29 is 23.8 Å². The molecule has 0 aliphatic carbocycles. The van der Waals surface area contributed by atoms with Crippen molar-refractivity contribution in [3.63, 3.8) is 0 Å². The van der Waals surface area contributed by atoms with E-state index in [1.165, 1.54) is 23.8 Å². The lowest BCUT2D eigenvalue weighted by molar-refractivity contribution is -0.141. The van der Waals surface area contributed by atoms with Gasteiger partial charge in [0.05, 0.1) is 29.7 Å². The van der Waals surface area contributed by atoms with E-state index in [0.29, 0.717) is 33.7 Å². The van der Waals surface area contributed by atoms with E-state index in [-0.39, 0.29) is 24.4 Å². The number of methoxy groups -OCH3 is 2. The molecule has 1 aromatic rings. The van der Waals surface area contributed by atoms with Gasteiger partial charge in [0.2, 0.25) is 0 Å². The number of carbonyl (C=O) groups is 2. The monoisotopic (exact) mass is 487 g/mol. The number of benzene rings is 1. The number of thiocarbonyl (C=S) groups is 1. The second kappa shape index (κ2) is 10.3. The van der Waals surface area contributed by atoms with Crippen molar-refractivity contribution >= 4 is 62.2 Å². The Labute approximate surface area is 182 Å². The highest BCUT2D eigenvalue weighted by molar-refractivity contribution is 9.10. The van der Waals surface area contributed by atoms with Crippen LogP contribution in [0.25, 0.3) is 6.08 Å². The smallest absolute Gasteiger partial charge is 0.305 e. The molecule has 1 heterocycles. The van der Waals surface area contributed by atoms with Crippen molar-refractivity contribution in [3.8, 4) is 11.5 Å². The predicted molar refractivity (Wildman–Crippen MR) is 118 cm³/mol. The standard InChI is InChI=1S/C19H22BrNO5S2/c1-11(2)26-17-13(20)8-12(9-14(17)24-3)10-15-18(23)21(19(27)28-15)7-5-6-16(22)25-4/h8-11H,5-7H2,1-4H3/b15-10-. The van der Waals surface area contributed by atoms with Gasteiger partial charge in [-0.1, -0.05) is 24.0 Å². The maximum absolute atomic E-state index is 12.7. The van der Waals surface area contributed by atoms with E-state index in [1.807, 2.05) is 26.0 Å². The molecule has 0 atom stereocenters. The Morgan fingerprint density at radius 3 is 2.68 bits per heavy atom. The number of hydrogen-bond donors (Lipinski definition) is 0.